The molecular formula is C24H31FN2O4. The summed E-state index contributed by atoms with van der Waals surface area (Å²) in [5, 5.41) is 3.07. The maximum atomic E-state index is 13.2. The van der Waals surface area contributed by atoms with Crippen molar-refractivity contribution in [2.45, 2.75) is 33.4 Å². The first-order valence-electron chi connectivity index (χ1n) is 10.4. The fraction of sp³-hybridized carbons (Fsp3) is 0.417. The van der Waals surface area contributed by atoms with Crippen LogP contribution >= 0.6 is 0 Å². The summed E-state index contributed by atoms with van der Waals surface area (Å²) in [6.45, 7) is 6.36. The van der Waals surface area contributed by atoms with Crippen LogP contribution in [-0.2, 0) is 20.9 Å². The molecule has 0 bridgehead atoms. The first-order chi connectivity index (χ1) is 14.8. The molecule has 2 aromatic rings. The van der Waals surface area contributed by atoms with Gasteiger partial charge < -0.3 is 14.8 Å². The van der Waals surface area contributed by atoms with Crippen molar-refractivity contribution in [1.29, 1.82) is 0 Å². The molecule has 0 heterocycles. The standard InChI is InChI=1S/C24H31FN2O4/c1-5-31-23(29)16-27(14-18-6-10-20(25)11-7-18)15-22(28)26-24(17(2)3)19-8-12-21(30-4)13-9-19/h6-13,17,24H,5,14-16H2,1-4H3,(H,26,28). The number of hydrogen-bond acceptors (Lipinski definition) is 5. The van der Waals surface area contributed by atoms with Crippen LogP contribution in [0.1, 0.15) is 37.9 Å². The third kappa shape index (κ3) is 8.02. The Morgan fingerprint density at radius 3 is 2.23 bits per heavy atom. The molecule has 31 heavy (non-hydrogen) atoms. The molecule has 0 saturated carbocycles. The fourth-order valence-electron chi connectivity index (χ4n) is 3.27. The van der Waals surface area contributed by atoms with Crippen LogP contribution < -0.4 is 10.1 Å². The predicted octanol–water partition coefficient (Wildman–Crippen LogP) is 3.71. The van der Waals surface area contributed by atoms with Crippen molar-refractivity contribution in [1.82, 2.24) is 10.2 Å². The van der Waals surface area contributed by atoms with Gasteiger partial charge in [0, 0.05) is 6.54 Å². The van der Waals surface area contributed by atoms with Crippen LogP contribution in [0.25, 0.3) is 0 Å². The summed E-state index contributed by atoms with van der Waals surface area (Å²) in [5.41, 5.74) is 1.77. The molecule has 2 rings (SSSR count). The minimum Gasteiger partial charge on any atom is -0.497 e. The average Bonchev–Trinajstić information content (AvgIpc) is 2.73. The lowest BCUT2D eigenvalue weighted by Crippen LogP contribution is -2.42. The Morgan fingerprint density at radius 2 is 1.68 bits per heavy atom. The lowest BCUT2D eigenvalue weighted by molar-refractivity contribution is -0.144. The van der Waals surface area contributed by atoms with Crippen LogP contribution in [0.5, 0.6) is 5.75 Å². The van der Waals surface area contributed by atoms with E-state index in [2.05, 4.69) is 5.32 Å². The smallest absolute Gasteiger partial charge is 0.320 e. The molecular weight excluding hydrogens is 399 g/mol. The number of rotatable bonds is 11. The van der Waals surface area contributed by atoms with Gasteiger partial charge in [0.05, 0.1) is 32.8 Å². The summed E-state index contributed by atoms with van der Waals surface area (Å²) in [7, 11) is 1.61. The molecule has 0 aromatic heterocycles. The molecule has 0 aliphatic heterocycles. The summed E-state index contributed by atoms with van der Waals surface area (Å²) in [4.78, 5) is 26.6. The van der Waals surface area contributed by atoms with Gasteiger partial charge in [-0.3, -0.25) is 14.5 Å². The summed E-state index contributed by atoms with van der Waals surface area (Å²) >= 11 is 0. The second kappa shape index (κ2) is 12.1. The predicted molar refractivity (Wildman–Crippen MR) is 117 cm³/mol. The Balaban J connectivity index is 2.09. The molecule has 0 spiro atoms. The van der Waals surface area contributed by atoms with E-state index in [4.69, 9.17) is 9.47 Å². The highest BCUT2D eigenvalue weighted by molar-refractivity contribution is 5.79. The number of nitrogens with zero attached hydrogens (tertiary/aromatic N) is 1. The number of methoxy groups -OCH3 is 1. The Morgan fingerprint density at radius 1 is 1.03 bits per heavy atom. The molecule has 0 saturated heterocycles. The van der Waals surface area contributed by atoms with Gasteiger partial charge >= 0.3 is 5.97 Å². The SMILES string of the molecule is CCOC(=O)CN(CC(=O)NC(c1ccc(OC)cc1)C(C)C)Cc1ccc(F)cc1. The van der Waals surface area contributed by atoms with E-state index in [1.54, 1.807) is 31.1 Å². The van der Waals surface area contributed by atoms with Crippen molar-refractivity contribution in [3.05, 3.63) is 65.5 Å². The van der Waals surface area contributed by atoms with Crippen molar-refractivity contribution in [3.8, 4) is 5.75 Å². The first-order valence-corrected chi connectivity index (χ1v) is 10.4. The van der Waals surface area contributed by atoms with E-state index >= 15 is 0 Å². The Hall–Kier alpha value is -2.93. The van der Waals surface area contributed by atoms with E-state index in [0.29, 0.717) is 6.54 Å². The van der Waals surface area contributed by atoms with Crippen molar-refractivity contribution >= 4 is 11.9 Å². The zero-order valence-electron chi connectivity index (χ0n) is 18.6. The second-order valence-electron chi connectivity index (χ2n) is 7.64. The molecule has 0 radical (unpaired) electrons. The zero-order valence-corrected chi connectivity index (χ0v) is 18.6. The molecule has 1 atom stereocenters. The topological polar surface area (TPSA) is 67.9 Å². The number of hydrogen-bond donors (Lipinski definition) is 1. The van der Waals surface area contributed by atoms with Crippen molar-refractivity contribution in [2.75, 3.05) is 26.8 Å². The third-order valence-corrected chi connectivity index (χ3v) is 4.80. The van der Waals surface area contributed by atoms with Crippen LogP contribution in [0, 0.1) is 11.7 Å². The van der Waals surface area contributed by atoms with Crippen molar-refractivity contribution in [2.24, 2.45) is 5.92 Å². The van der Waals surface area contributed by atoms with Gasteiger partial charge in [0.1, 0.15) is 11.6 Å². The van der Waals surface area contributed by atoms with Gasteiger partial charge in [0.25, 0.3) is 0 Å². The van der Waals surface area contributed by atoms with Gasteiger partial charge in [-0.25, -0.2) is 4.39 Å². The number of nitrogens with one attached hydrogen (secondary N) is 1. The van der Waals surface area contributed by atoms with E-state index in [0.717, 1.165) is 16.9 Å². The normalized spacial score (nSPS) is 12.0. The largest absolute Gasteiger partial charge is 0.497 e. The van der Waals surface area contributed by atoms with Gasteiger partial charge in [0.2, 0.25) is 5.91 Å². The number of esters is 1. The molecule has 6 nitrogen and oxygen atoms in total. The van der Waals surface area contributed by atoms with E-state index in [-0.39, 0.29) is 43.4 Å². The number of carbonyl (C=O) groups excluding carboxylic acids is 2. The molecule has 1 N–H and O–H groups in total. The van der Waals surface area contributed by atoms with Gasteiger partial charge in [-0.1, -0.05) is 38.1 Å². The van der Waals surface area contributed by atoms with Gasteiger partial charge in [-0.2, -0.15) is 0 Å². The first kappa shape index (κ1) is 24.3. The van der Waals surface area contributed by atoms with Crippen LogP contribution in [0.4, 0.5) is 4.39 Å². The van der Waals surface area contributed by atoms with E-state index in [9.17, 15) is 14.0 Å². The molecule has 7 heteroatoms. The molecule has 2 aromatic carbocycles. The number of halogens is 1. The number of amides is 1. The highest BCUT2D eigenvalue weighted by Gasteiger charge is 2.21. The summed E-state index contributed by atoms with van der Waals surface area (Å²) in [6, 6.07) is 13.4. The monoisotopic (exact) mass is 430 g/mol. The Bertz CT molecular complexity index is 838. The summed E-state index contributed by atoms with van der Waals surface area (Å²) in [5.74, 6) is -0.0444. The van der Waals surface area contributed by atoms with Crippen LogP contribution in [0.15, 0.2) is 48.5 Å². The molecule has 168 valence electrons. The molecule has 0 aliphatic rings. The number of ether oxygens (including phenoxy) is 2. The Kier molecular flexibility index (Phi) is 9.46. The second-order valence-corrected chi connectivity index (χ2v) is 7.64. The average molecular weight is 431 g/mol. The summed E-state index contributed by atoms with van der Waals surface area (Å²) in [6.07, 6.45) is 0. The van der Waals surface area contributed by atoms with Crippen LogP contribution in [-0.4, -0.2) is 43.6 Å². The maximum absolute atomic E-state index is 13.2. The zero-order chi connectivity index (χ0) is 22.8. The minimum atomic E-state index is -0.409. The minimum absolute atomic E-state index is 0.00949. The lowest BCUT2D eigenvalue weighted by atomic mass is 9.96. The Labute approximate surface area is 183 Å². The molecule has 0 aliphatic carbocycles. The van der Waals surface area contributed by atoms with Crippen LogP contribution in [0.2, 0.25) is 0 Å². The number of benzene rings is 2. The fourth-order valence-corrected chi connectivity index (χ4v) is 3.27. The van der Waals surface area contributed by atoms with Crippen molar-refractivity contribution < 1.29 is 23.5 Å². The van der Waals surface area contributed by atoms with Gasteiger partial charge in [-0.15, -0.1) is 0 Å². The van der Waals surface area contributed by atoms with Crippen LogP contribution in [0.3, 0.4) is 0 Å². The molecule has 1 unspecified atom stereocenters. The third-order valence-electron chi connectivity index (χ3n) is 4.80. The lowest BCUT2D eigenvalue weighted by Gasteiger charge is -2.26. The maximum Gasteiger partial charge on any atom is 0.320 e. The van der Waals surface area contributed by atoms with Gasteiger partial charge in [0.15, 0.2) is 0 Å². The summed E-state index contributed by atoms with van der Waals surface area (Å²) < 4.78 is 23.5. The highest BCUT2D eigenvalue weighted by atomic mass is 19.1. The van der Waals surface area contributed by atoms with E-state index in [1.165, 1.54) is 12.1 Å². The number of carbonyl (C=O) groups is 2. The quantitative estimate of drug-likeness (QED) is 0.551. The van der Waals surface area contributed by atoms with E-state index < -0.39 is 5.97 Å². The molecule has 1 amide bonds. The highest BCUT2D eigenvalue weighted by Crippen LogP contribution is 2.24. The van der Waals surface area contributed by atoms with E-state index in [1.807, 2.05) is 38.1 Å². The van der Waals surface area contributed by atoms with Crippen molar-refractivity contribution in [3.63, 3.8) is 0 Å². The molecule has 0 fully saturated rings. The van der Waals surface area contributed by atoms with Gasteiger partial charge in [-0.05, 0) is 48.2 Å².